The molecule has 0 saturated carbocycles. The molecular weight excluding hydrogens is 365 g/mol. The highest BCUT2D eigenvalue weighted by Crippen LogP contribution is 2.31. The van der Waals surface area contributed by atoms with Crippen molar-refractivity contribution in [3.63, 3.8) is 0 Å². The van der Waals surface area contributed by atoms with Crippen LogP contribution in [0.15, 0.2) is 47.8 Å². The number of hydrogen-bond donors (Lipinski definition) is 0. The molecule has 3 aromatic rings. The summed E-state index contributed by atoms with van der Waals surface area (Å²) in [5, 5.41) is 1.88. The van der Waals surface area contributed by atoms with E-state index in [9.17, 15) is 18.0 Å². The minimum absolute atomic E-state index is 0.0813. The van der Waals surface area contributed by atoms with E-state index in [1.807, 2.05) is 0 Å². The van der Waals surface area contributed by atoms with Crippen molar-refractivity contribution in [1.29, 1.82) is 0 Å². The molecule has 0 radical (unpaired) electrons. The quantitative estimate of drug-likeness (QED) is 0.639. The van der Waals surface area contributed by atoms with Crippen LogP contribution in [0.4, 0.5) is 24.0 Å². The van der Waals surface area contributed by atoms with E-state index in [2.05, 4.69) is 4.98 Å². The molecule has 8 heteroatoms. The monoisotopic (exact) mass is 378 g/mol. The third-order valence-corrected chi connectivity index (χ3v) is 4.28. The maximum atomic E-state index is 14.0. The van der Waals surface area contributed by atoms with Gasteiger partial charge in [0.05, 0.1) is 11.4 Å². The Morgan fingerprint density at radius 2 is 1.92 bits per heavy atom. The number of halogens is 3. The summed E-state index contributed by atoms with van der Waals surface area (Å²) in [5.74, 6) is -2.59. The van der Waals surface area contributed by atoms with Gasteiger partial charge in [-0.15, -0.1) is 11.3 Å². The number of thiazole rings is 1. The van der Waals surface area contributed by atoms with Gasteiger partial charge in [-0.1, -0.05) is 12.1 Å². The lowest BCUT2D eigenvalue weighted by Gasteiger charge is -2.18. The first-order chi connectivity index (χ1) is 12.5. The summed E-state index contributed by atoms with van der Waals surface area (Å²) in [4.78, 5) is 17.4. The third kappa shape index (κ3) is 3.85. The Labute approximate surface area is 151 Å². The standard InChI is InChI=1S/C18H13F3N2O2S/c1-11(24)23(16-5-3-2-4-14(16)20)18-22-13(10-26-18)9-25-17-7-6-12(19)8-15(17)21/h2-8,10H,9H2,1H3. The first-order valence-electron chi connectivity index (χ1n) is 7.53. The third-order valence-electron chi connectivity index (χ3n) is 3.41. The normalized spacial score (nSPS) is 10.6. The van der Waals surface area contributed by atoms with Crippen LogP contribution in [-0.2, 0) is 11.4 Å². The molecule has 4 nitrogen and oxygen atoms in total. The van der Waals surface area contributed by atoms with Crippen molar-refractivity contribution in [2.45, 2.75) is 13.5 Å². The maximum Gasteiger partial charge on any atom is 0.230 e. The second kappa shape index (κ2) is 7.57. The van der Waals surface area contributed by atoms with Gasteiger partial charge in [0.2, 0.25) is 5.91 Å². The molecule has 0 bridgehead atoms. The van der Waals surface area contributed by atoms with Crippen LogP contribution in [0.5, 0.6) is 5.75 Å². The first-order valence-corrected chi connectivity index (χ1v) is 8.41. The number of ether oxygens (including phenoxy) is 1. The average Bonchev–Trinajstić information content (AvgIpc) is 3.04. The molecule has 0 aliphatic heterocycles. The lowest BCUT2D eigenvalue weighted by atomic mass is 10.3. The Morgan fingerprint density at radius 3 is 2.62 bits per heavy atom. The van der Waals surface area contributed by atoms with Crippen molar-refractivity contribution >= 4 is 28.1 Å². The zero-order valence-electron chi connectivity index (χ0n) is 13.6. The van der Waals surface area contributed by atoms with Crippen LogP contribution < -0.4 is 9.64 Å². The molecule has 26 heavy (non-hydrogen) atoms. The smallest absolute Gasteiger partial charge is 0.230 e. The Morgan fingerprint density at radius 1 is 1.15 bits per heavy atom. The van der Waals surface area contributed by atoms with Crippen molar-refractivity contribution in [3.8, 4) is 5.75 Å². The molecule has 1 heterocycles. The van der Waals surface area contributed by atoms with E-state index in [1.165, 1.54) is 31.2 Å². The van der Waals surface area contributed by atoms with Gasteiger partial charge in [-0.25, -0.2) is 18.2 Å². The van der Waals surface area contributed by atoms with Gasteiger partial charge in [-0.05, 0) is 24.3 Å². The fourth-order valence-electron chi connectivity index (χ4n) is 2.25. The number of benzene rings is 2. The zero-order chi connectivity index (χ0) is 18.7. The fraction of sp³-hybridized carbons (Fsp3) is 0.111. The van der Waals surface area contributed by atoms with Crippen LogP contribution in [-0.4, -0.2) is 10.9 Å². The molecule has 1 amide bonds. The summed E-state index contributed by atoms with van der Waals surface area (Å²) in [7, 11) is 0. The molecule has 0 spiro atoms. The molecule has 0 saturated heterocycles. The molecule has 0 aliphatic carbocycles. The number of carbonyl (C=O) groups excluding carboxylic acids is 1. The largest absolute Gasteiger partial charge is 0.484 e. The summed E-state index contributed by atoms with van der Waals surface area (Å²) in [6.45, 7) is 1.22. The Kier molecular flexibility index (Phi) is 5.22. The number of carbonyl (C=O) groups is 1. The summed E-state index contributed by atoms with van der Waals surface area (Å²) < 4.78 is 45.8. The van der Waals surface area contributed by atoms with E-state index in [4.69, 9.17) is 4.74 Å². The van der Waals surface area contributed by atoms with Crippen LogP contribution in [0.25, 0.3) is 0 Å². The molecule has 0 aliphatic rings. The number of rotatable bonds is 5. The number of para-hydroxylation sites is 1. The molecule has 1 aromatic heterocycles. The SMILES string of the molecule is CC(=O)N(c1nc(COc2ccc(F)cc2F)cs1)c1ccccc1F. The molecule has 0 N–H and O–H groups in total. The van der Waals surface area contributed by atoms with Gasteiger partial charge in [-0.2, -0.15) is 0 Å². The van der Waals surface area contributed by atoms with E-state index in [-0.39, 0.29) is 23.2 Å². The highest BCUT2D eigenvalue weighted by Gasteiger charge is 2.21. The topological polar surface area (TPSA) is 42.4 Å². The van der Waals surface area contributed by atoms with Crippen LogP contribution in [0.1, 0.15) is 12.6 Å². The second-order valence-corrected chi connectivity index (χ2v) is 6.13. The zero-order valence-corrected chi connectivity index (χ0v) is 14.4. The number of aromatic nitrogens is 1. The number of hydrogen-bond acceptors (Lipinski definition) is 4. The van der Waals surface area contributed by atoms with E-state index < -0.39 is 23.4 Å². The van der Waals surface area contributed by atoms with Gasteiger partial charge in [0.25, 0.3) is 0 Å². The second-order valence-electron chi connectivity index (χ2n) is 5.29. The Balaban J connectivity index is 1.79. The average molecular weight is 378 g/mol. The fourth-order valence-corrected chi connectivity index (χ4v) is 3.11. The van der Waals surface area contributed by atoms with Gasteiger partial charge in [-0.3, -0.25) is 9.69 Å². The summed E-state index contributed by atoms with van der Waals surface area (Å²) >= 11 is 1.12. The lowest BCUT2D eigenvalue weighted by Crippen LogP contribution is -2.23. The molecule has 134 valence electrons. The van der Waals surface area contributed by atoms with Crippen molar-refractivity contribution in [2.75, 3.05) is 4.90 Å². The first kappa shape index (κ1) is 17.9. The molecule has 2 aromatic carbocycles. The van der Waals surface area contributed by atoms with Gasteiger partial charge in [0, 0.05) is 18.4 Å². The maximum absolute atomic E-state index is 14.0. The molecule has 0 unspecified atom stereocenters. The summed E-state index contributed by atoms with van der Waals surface area (Å²) in [6, 6.07) is 8.85. The number of anilines is 2. The minimum atomic E-state index is -0.822. The highest BCUT2D eigenvalue weighted by atomic mass is 32.1. The van der Waals surface area contributed by atoms with Crippen LogP contribution >= 0.6 is 11.3 Å². The van der Waals surface area contributed by atoms with Crippen molar-refractivity contribution < 1.29 is 22.7 Å². The summed E-state index contributed by atoms with van der Waals surface area (Å²) in [6.07, 6.45) is 0. The van der Waals surface area contributed by atoms with E-state index >= 15 is 0 Å². The van der Waals surface area contributed by atoms with Crippen LogP contribution in [0, 0.1) is 17.5 Å². The van der Waals surface area contributed by atoms with Gasteiger partial charge >= 0.3 is 0 Å². The van der Waals surface area contributed by atoms with Crippen LogP contribution in [0.3, 0.4) is 0 Å². The molecular formula is C18H13F3N2O2S. The molecule has 0 fully saturated rings. The van der Waals surface area contributed by atoms with E-state index in [0.29, 0.717) is 5.69 Å². The number of nitrogens with zero attached hydrogens (tertiary/aromatic N) is 2. The predicted octanol–water partition coefficient (Wildman–Crippen LogP) is 4.82. The van der Waals surface area contributed by atoms with Gasteiger partial charge < -0.3 is 4.74 Å². The Hall–Kier alpha value is -2.87. The van der Waals surface area contributed by atoms with E-state index in [0.717, 1.165) is 28.4 Å². The van der Waals surface area contributed by atoms with Gasteiger partial charge in [0.15, 0.2) is 16.7 Å². The van der Waals surface area contributed by atoms with Crippen molar-refractivity contribution in [1.82, 2.24) is 4.98 Å². The lowest BCUT2D eigenvalue weighted by molar-refractivity contribution is -0.115. The molecule has 0 atom stereocenters. The minimum Gasteiger partial charge on any atom is -0.484 e. The van der Waals surface area contributed by atoms with Crippen molar-refractivity contribution in [2.24, 2.45) is 0 Å². The van der Waals surface area contributed by atoms with Crippen LogP contribution in [0.2, 0.25) is 0 Å². The Bertz CT molecular complexity index is 946. The van der Waals surface area contributed by atoms with Gasteiger partial charge in [0.1, 0.15) is 18.2 Å². The predicted molar refractivity (Wildman–Crippen MR) is 92.0 cm³/mol. The highest BCUT2D eigenvalue weighted by molar-refractivity contribution is 7.14. The number of amides is 1. The molecule has 3 rings (SSSR count). The summed E-state index contributed by atoms with van der Waals surface area (Å²) in [5.41, 5.74) is 0.516. The van der Waals surface area contributed by atoms with E-state index in [1.54, 1.807) is 11.4 Å². The van der Waals surface area contributed by atoms with Crippen molar-refractivity contribution in [3.05, 3.63) is 71.0 Å².